The first kappa shape index (κ1) is 12.7. The summed E-state index contributed by atoms with van der Waals surface area (Å²) in [6, 6.07) is 4.13. The Morgan fingerprint density at radius 3 is 3.00 bits per heavy atom. The second-order valence-corrected chi connectivity index (χ2v) is 5.83. The molecule has 3 N–H and O–H groups in total. The lowest BCUT2D eigenvalue weighted by molar-refractivity contribution is 0.229. The summed E-state index contributed by atoms with van der Waals surface area (Å²) in [7, 11) is 0. The third-order valence-corrected chi connectivity index (χ3v) is 3.66. The molecule has 4 heteroatoms. The number of hydrogen-bond donors (Lipinski definition) is 2. The Hall–Kier alpha value is -1.76. The van der Waals surface area contributed by atoms with Crippen LogP contribution in [0.4, 0.5) is 11.5 Å². The van der Waals surface area contributed by atoms with Crippen LogP contribution in [0.5, 0.6) is 0 Å². The monoisotopic (exact) mass is 244 g/mol. The van der Waals surface area contributed by atoms with Crippen molar-refractivity contribution in [2.24, 2.45) is 5.41 Å². The fraction of sp³-hybridized carbons (Fsp3) is 0.571. The van der Waals surface area contributed by atoms with Gasteiger partial charge in [0.1, 0.15) is 6.07 Å². The number of nitrogen functional groups attached to an aromatic ring is 1. The van der Waals surface area contributed by atoms with E-state index in [1.165, 1.54) is 12.8 Å². The van der Waals surface area contributed by atoms with Gasteiger partial charge in [-0.05, 0) is 30.7 Å². The number of nitrogens with one attached hydrogen (secondary N) is 1. The SMILES string of the molecule is CC1(C)CCCC(Nc2nccc(C#N)c2N)C1. The van der Waals surface area contributed by atoms with Gasteiger partial charge in [0.05, 0.1) is 11.3 Å². The van der Waals surface area contributed by atoms with Gasteiger partial charge in [0.2, 0.25) is 0 Å². The third kappa shape index (κ3) is 2.73. The van der Waals surface area contributed by atoms with Crippen LogP contribution in [0.2, 0.25) is 0 Å². The van der Waals surface area contributed by atoms with Crippen molar-refractivity contribution < 1.29 is 0 Å². The summed E-state index contributed by atoms with van der Waals surface area (Å²) in [5.41, 5.74) is 7.25. The summed E-state index contributed by atoms with van der Waals surface area (Å²) < 4.78 is 0. The Balaban J connectivity index is 2.13. The molecule has 1 aromatic heterocycles. The predicted octanol–water partition coefficient (Wildman–Crippen LogP) is 2.92. The molecule has 1 aromatic rings. The first-order valence-electron chi connectivity index (χ1n) is 6.43. The molecule has 1 saturated carbocycles. The van der Waals surface area contributed by atoms with Gasteiger partial charge in [-0.2, -0.15) is 5.26 Å². The molecule has 0 radical (unpaired) electrons. The molecular formula is C14H20N4. The number of rotatable bonds is 2. The van der Waals surface area contributed by atoms with Crippen molar-refractivity contribution in [3.05, 3.63) is 17.8 Å². The van der Waals surface area contributed by atoms with Crippen LogP contribution in [0.15, 0.2) is 12.3 Å². The van der Waals surface area contributed by atoms with E-state index >= 15 is 0 Å². The van der Waals surface area contributed by atoms with Crippen molar-refractivity contribution in [2.45, 2.75) is 45.6 Å². The predicted molar refractivity (Wildman–Crippen MR) is 73.0 cm³/mol. The van der Waals surface area contributed by atoms with Gasteiger partial charge in [0.15, 0.2) is 5.82 Å². The summed E-state index contributed by atoms with van der Waals surface area (Å²) in [5.74, 6) is 0.650. The van der Waals surface area contributed by atoms with Crippen LogP contribution >= 0.6 is 0 Å². The maximum absolute atomic E-state index is 8.95. The average molecular weight is 244 g/mol. The maximum Gasteiger partial charge on any atom is 0.150 e. The first-order chi connectivity index (χ1) is 8.52. The Bertz CT molecular complexity index is 473. The van der Waals surface area contributed by atoms with E-state index in [4.69, 9.17) is 11.0 Å². The molecule has 0 aliphatic heterocycles. The molecule has 0 aromatic carbocycles. The zero-order valence-electron chi connectivity index (χ0n) is 11.0. The molecule has 0 amide bonds. The van der Waals surface area contributed by atoms with Gasteiger partial charge in [0, 0.05) is 12.2 Å². The number of anilines is 2. The van der Waals surface area contributed by atoms with E-state index in [1.807, 2.05) is 0 Å². The molecule has 18 heavy (non-hydrogen) atoms. The molecule has 0 spiro atoms. The molecule has 1 fully saturated rings. The Morgan fingerprint density at radius 2 is 2.33 bits per heavy atom. The molecule has 96 valence electrons. The van der Waals surface area contributed by atoms with Gasteiger partial charge < -0.3 is 11.1 Å². The molecule has 1 aliphatic carbocycles. The highest BCUT2D eigenvalue weighted by atomic mass is 15.0. The van der Waals surface area contributed by atoms with E-state index in [9.17, 15) is 0 Å². The summed E-state index contributed by atoms with van der Waals surface area (Å²) in [6.45, 7) is 4.59. The number of hydrogen-bond acceptors (Lipinski definition) is 4. The minimum Gasteiger partial charge on any atom is -0.395 e. The van der Waals surface area contributed by atoms with E-state index in [0.717, 1.165) is 12.8 Å². The number of nitrogens with two attached hydrogens (primary N) is 1. The van der Waals surface area contributed by atoms with Crippen LogP contribution in [-0.2, 0) is 0 Å². The largest absolute Gasteiger partial charge is 0.395 e. The zero-order valence-corrected chi connectivity index (χ0v) is 11.0. The van der Waals surface area contributed by atoms with Crippen LogP contribution in [-0.4, -0.2) is 11.0 Å². The molecule has 1 heterocycles. The van der Waals surface area contributed by atoms with Crippen LogP contribution < -0.4 is 11.1 Å². The lowest BCUT2D eigenvalue weighted by Crippen LogP contribution is -2.32. The van der Waals surface area contributed by atoms with E-state index < -0.39 is 0 Å². The maximum atomic E-state index is 8.95. The second kappa shape index (κ2) is 4.85. The van der Waals surface area contributed by atoms with Crippen molar-refractivity contribution in [3.63, 3.8) is 0 Å². The molecule has 1 atom stereocenters. The van der Waals surface area contributed by atoms with Gasteiger partial charge in [0.25, 0.3) is 0 Å². The van der Waals surface area contributed by atoms with Gasteiger partial charge in [-0.1, -0.05) is 20.3 Å². The van der Waals surface area contributed by atoms with E-state index in [1.54, 1.807) is 12.3 Å². The minimum absolute atomic E-state index is 0.373. The molecule has 2 rings (SSSR count). The van der Waals surface area contributed by atoms with Gasteiger partial charge in [-0.25, -0.2) is 4.98 Å². The summed E-state index contributed by atoms with van der Waals surface area (Å²) in [5, 5.41) is 12.3. The third-order valence-electron chi connectivity index (χ3n) is 3.66. The normalized spacial score (nSPS) is 22.2. The van der Waals surface area contributed by atoms with Crippen LogP contribution in [0.1, 0.15) is 45.1 Å². The molecular weight excluding hydrogens is 224 g/mol. The number of nitriles is 1. The topological polar surface area (TPSA) is 74.7 Å². The van der Waals surface area contributed by atoms with Crippen LogP contribution in [0.25, 0.3) is 0 Å². The van der Waals surface area contributed by atoms with Gasteiger partial charge in [-0.15, -0.1) is 0 Å². The van der Waals surface area contributed by atoms with E-state index in [-0.39, 0.29) is 0 Å². The molecule has 1 unspecified atom stereocenters. The quantitative estimate of drug-likeness (QED) is 0.838. The Kier molecular flexibility index (Phi) is 3.42. The zero-order chi connectivity index (χ0) is 13.2. The molecule has 1 aliphatic rings. The minimum atomic E-state index is 0.373. The first-order valence-corrected chi connectivity index (χ1v) is 6.43. The van der Waals surface area contributed by atoms with Crippen LogP contribution in [0, 0.1) is 16.7 Å². The van der Waals surface area contributed by atoms with E-state index in [0.29, 0.717) is 28.5 Å². The smallest absolute Gasteiger partial charge is 0.150 e. The number of pyridine rings is 1. The number of nitrogens with zero attached hydrogens (tertiary/aromatic N) is 2. The van der Waals surface area contributed by atoms with Crippen LogP contribution in [0.3, 0.4) is 0 Å². The van der Waals surface area contributed by atoms with Gasteiger partial charge in [-0.3, -0.25) is 0 Å². The van der Waals surface area contributed by atoms with Crippen molar-refractivity contribution in [1.82, 2.24) is 4.98 Å². The molecule has 0 saturated heterocycles. The second-order valence-electron chi connectivity index (χ2n) is 5.83. The van der Waals surface area contributed by atoms with E-state index in [2.05, 4.69) is 30.2 Å². The number of aromatic nitrogens is 1. The average Bonchev–Trinajstić information content (AvgIpc) is 2.31. The fourth-order valence-corrected chi connectivity index (χ4v) is 2.70. The lowest BCUT2D eigenvalue weighted by Gasteiger charge is -2.35. The Labute approximate surface area is 108 Å². The highest BCUT2D eigenvalue weighted by Crippen LogP contribution is 2.36. The molecule has 0 bridgehead atoms. The molecule has 4 nitrogen and oxygen atoms in total. The van der Waals surface area contributed by atoms with Crippen molar-refractivity contribution in [1.29, 1.82) is 5.26 Å². The highest BCUT2D eigenvalue weighted by Gasteiger charge is 2.28. The van der Waals surface area contributed by atoms with Gasteiger partial charge >= 0.3 is 0 Å². The Morgan fingerprint density at radius 1 is 1.56 bits per heavy atom. The fourth-order valence-electron chi connectivity index (χ4n) is 2.70. The highest BCUT2D eigenvalue weighted by molar-refractivity contribution is 5.69. The standard InChI is InChI=1S/C14H20N4/c1-14(2)6-3-4-11(8-14)18-13-12(16)10(9-15)5-7-17-13/h5,7,11H,3-4,6,8,16H2,1-2H3,(H,17,18). The van der Waals surface area contributed by atoms with Crippen molar-refractivity contribution in [2.75, 3.05) is 11.1 Å². The van der Waals surface area contributed by atoms with Crippen molar-refractivity contribution >= 4 is 11.5 Å². The summed E-state index contributed by atoms with van der Waals surface area (Å²) >= 11 is 0. The van der Waals surface area contributed by atoms with Crippen molar-refractivity contribution in [3.8, 4) is 6.07 Å². The summed E-state index contributed by atoms with van der Waals surface area (Å²) in [6.07, 6.45) is 6.38. The lowest BCUT2D eigenvalue weighted by atomic mass is 9.75. The summed E-state index contributed by atoms with van der Waals surface area (Å²) in [4.78, 5) is 4.24.